The van der Waals surface area contributed by atoms with Crippen molar-refractivity contribution in [2.75, 3.05) is 20.6 Å². The summed E-state index contributed by atoms with van der Waals surface area (Å²) < 4.78 is 0. The van der Waals surface area contributed by atoms with Crippen LogP contribution in [0.2, 0.25) is 5.15 Å². The molecule has 0 aliphatic heterocycles. The topological polar surface area (TPSA) is 58.1 Å². The molecule has 0 radical (unpaired) electrons. The van der Waals surface area contributed by atoms with Crippen molar-refractivity contribution in [3.8, 4) is 0 Å². The third kappa shape index (κ3) is 5.98. The number of hydrogen-bond donors (Lipinski definition) is 1. The van der Waals surface area contributed by atoms with Crippen LogP contribution in [0.3, 0.4) is 0 Å². The van der Waals surface area contributed by atoms with Crippen LogP contribution in [-0.4, -0.2) is 47.7 Å². The number of hydrogen-bond acceptors (Lipinski definition) is 4. The molecule has 0 fully saturated rings. The van der Waals surface area contributed by atoms with Gasteiger partial charge in [-0.2, -0.15) is 0 Å². The zero-order valence-electron chi connectivity index (χ0n) is 11.9. The van der Waals surface area contributed by atoms with E-state index in [1.165, 1.54) is 0 Å². The number of rotatable bonds is 6. The van der Waals surface area contributed by atoms with Gasteiger partial charge in [0, 0.05) is 12.6 Å². The summed E-state index contributed by atoms with van der Waals surface area (Å²) >= 11 is 5.65. The Bertz CT molecular complexity index is 396. The second kappa shape index (κ2) is 7.40. The summed E-state index contributed by atoms with van der Waals surface area (Å²) in [5.74, 6) is 0.304. The van der Waals surface area contributed by atoms with E-state index in [1.54, 1.807) is 12.1 Å². The number of likely N-dealkylation sites (N-methyl/N-ethyl adjacent to an activating group) is 1. The van der Waals surface area contributed by atoms with Gasteiger partial charge in [-0.1, -0.05) is 25.4 Å². The summed E-state index contributed by atoms with van der Waals surface area (Å²) in [7, 11) is 3.98. The Balaban J connectivity index is 2.66. The molecule has 0 bridgehead atoms. The first-order valence-corrected chi connectivity index (χ1v) is 6.71. The van der Waals surface area contributed by atoms with Gasteiger partial charge in [-0.05, 0) is 38.6 Å². The molecule has 6 heteroatoms. The first-order chi connectivity index (χ1) is 8.88. The maximum Gasteiger partial charge on any atom is 0.272 e. The monoisotopic (exact) mass is 284 g/mol. The summed E-state index contributed by atoms with van der Waals surface area (Å²) in [6, 6.07) is 3.24. The largest absolute Gasteiger partial charge is 0.347 e. The van der Waals surface area contributed by atoms with Crippen LogP contribution in [0.1, 0.15) is 30.8 Å². The van der Waals surface area contributed by atoms with Crippen LogP contribution in [0.4, 0.5) is 0 Å². The van der Waals surface area contributed by atoms with E-state index in [0.29, 0.717) is 5.92 Å². The summed E-state index contributed by atoms with van der Waals surface area (Å²) in [4.78, 5) is 14.1. The average Bonchev–Trinajstić information content (AvgIpc) is 2.27. The van der Waals surface area contributed by atoms with Gasteiger partial charge in [0.15, 0.2) is 10.8 Å². The maximum absolute atomic E-state index is 12.1. The standard InChI is InChI=1S/C13H21ClN4O/c1-9(2)7-10(8-18(3)4)15-13(19)11-5-6-12(14)17-16-11/h5-6,9-10H,7-8H2,1-4H3,(H,15,19). The second-order valence-electron chi connectivity index (χ2n) is 5.30. The summed E-state index contributed by atoms with van der Waals surface area (Å²) in [5, 5.41) is 10.7. The van der Waals surface area contributed by atoms with E-state index in [0.717, 1.165) is 13.0 Å². The van der Waals surface area contributed by atoms with E-state index in [1.807, 2.05) is 14.1 Å². The van der Waals surface area contributed by atoms with E-state index in [9.17, 15) is 4.79 Å². The lowest BCUT2D eigenvalue weighted by molar-refractivity contribution is 0.0918. The van der Waals surface area contributed by atoms with Crippen molar-refractivity contribution < 1.29 is 4.79 Å². The minimum atomic E-state index is -0.211. The maximum atomic E-state index is 12.1. The predicted octanol–water partition coefficient (Wildman–Crippen LogP) is 1.84. The molecular weight excluding hydrogens is 264 g/mol. The molecule has 5 nitrogen and oxygen atoms in total. The highest BCUT2D eigenvalue weighted by atomic mass is 35.5. The number of aromatic nitrogens is 2. The molecule has 106 valence electrons. The molecule has 0 saturated heterocycles. The predicted molar refractivity (Wildman–Crippen MR) is 76.3 cm³/mol. The minimum Gasteiger partial charge on any atom is -0.347 e. The molecule has 19 heavy (non-hydrogen) atoms. The van der Waals surface area contributed by atoms with Crippen molar-refractivity contribution >= 4 is 17.5 Å². The van der Waals surface area contributed by atoms with Crippen LogP contribution in [-0.2, 0) is 0 Å². The summed E-state index contributed by atoms with van der Waals surface area (Å²) in [6.45, 7) is 5.07. The molecule has 0 aliphatic rings. The van der Waals surface area contributed by atoms with Crippen LogP contribution < -0.4 is 5.32 Å². The van der Waals surface area contributed by atoms with Crippen LogP contribution >= 0.6 is 11.6 Å². The van der Waals surface area contributed by atoms with E-state index in [2.05, 4.69) is 34.3 Å². The number of nitrogens with one attached hydrogen (secondary N) is 1. The van der Waals surface area contributed by atoms with Gasteiger partial charge < -0.3 is 10.2 Å². The van der Waals surface area contributed by atoms with Gasteiger partial charge in [-0.25, -0.2) is 0 Å². The molecule has 1 aromatic heterocycles. The van der Waals surface area contributed by atoms with Gasteiger partial charge in [-0.15, -0.1) is 10.2 Å². The SMILES string of the molecule is CC(C)CC(CN(C)C)NC(=O)c1ccc(Cl)nn1. The lowest BCUT2D eigenvalue weighted by Crippen LogP contribution is -2.42. The van der Waals surface area contributed by atoms with Crippen molar-refractivity contribution in [2.24, 2.45) is 5.92 Å². The second-order valence-corrected chi connectivity index (χ2v) is 5.69. The molecule has 0 spiro atoms. The summed E-state index contributed by atoms with van der Waals surface area (Å²) in [6.07, 6.45) is 0.922. The highest BCUT2D eigenvalue weighted by molar-refractivity contribution is 6.29. The van der Waals surface area contributed by atoms with E-state index >= 15 is 0 Å². The number of carbonyl (C=O) groups excluding carboxylic acids is 1. The van der Waals surface area contributed by atoms with E-state index in [-0.39, 0.29) is 22.8 Å². The fourth-order valence-corrected chi connectivity index (χ4v) is 1.99. The number of halogens is 1. The van der Waals surface area contributed by atoms with Gasteiger partial charge >= 0.3 is 0 Å². The fourth-order valence-electron chi connectivity index (χ4n) is 1.89. The molecule has 1 unspecified atom stereocenters. The molecule has 0 saturated carbocycles. The number of nitrogens with zero attached hydrogens (tertiary/aromatic N) is 3. The number of amides is 1. The van der Waals surface area contributed by atoms with Crippen molar-refractivity contribution in [3.05, 3.63) is 23.0 Å². The van der Waals surface area contributed by atoms with Gasteiger partial charge in [-0.3, -0.25) is 4.79 Å². The third-order valence-corrected chi connectivity index (χ3v) is 2.74. The fraction of sp³-hybridized carbons (Fsp3) is 0.615. The highest BCUT2D eigenvalue weighted by Crippen LogP contribution is 2.07. The van der Waals surface area contributed by atoms with Crippen LogP contribution in [0, 0.1) is 5.92 Å². The molecule has 1 heterocycles. The van der Waals surface area contributed by atoms with Crippen LogP contribution in [0.15, 0.2) is 12.1 Å². The lowest BCUT2D eigenvalue weighted by Gasteiger charge is -2.23. The van der Waals surface area contributed by atoms with Gasteiger partial charge in [0.05, 0.1) is 0 Å². The lowest BCUT2D eigenvalue weighted by atomic mass is 10.0. The molecule has 1 rings (SSSR count). The molecule has 1 N–H and O–H groups in total. The first kappa shape index (κ1) is 15.9. The van der Waals surface area contributed by atoms with Crippen LogP contribution in [0.25, 0.3) is 0 Å². The van der Waals surface area contributed by atoms with E-state index in [4.69, 9.17) is 11.6 Å². The zero-order valence-corrected chi connectivity index (χ0v) is 12.6. The van der Waals surface area contributed by atoms with Crippen molar-refractivity contribution in [2.45, 2.75) is 26.3 Å². The van der Waals surface area contributed by atoms with Crippen LogP contribution in [0.5, 0.6) is 0 Å². The number of carbonyl (C=O) groups is 1. The molecule has 1 amide bonds. The Labute approximate surface area is 119 Å². The van der Waals surface area contributed by atoms with Gasteiger partial charge in [0.1, 0.15) is 0 Å². The van der Waals surface area contributed by atoms with Gasteiger partial charge in [0.2, 0.25) is 0 Å². The van der Waals surface area contributed by atoms with Crippen molar-refractivity contribution in [1.82, 2.24) is 20.4 Å². The van der Waals surface area contributed by atoms with Crippen molar-refractivity contribution in [3.63, 3.8) is 0 Å². The zero-order chi connectivity index (χ0) is 14.4. The molecule has 0 aliphatic carbocycles. The van der Waals surface area contributed by atoms with Crippen molar-refractivity contribution in [1.29, 1.82) is 0 Å². The Morgan fingerprint density at radius 2 is 2.05 bits per heavy atom. The Morgan fingerprint density at radius 3 is 2.53 bits per heavy atom. The van der Waals surface area contributed by atoms with Gasteiger partial charge in [0.25, 0.3) is 5.91 Å². The Hall–Kier alpha value is -1.20. The minimum absolute atomic E-state index is 0.0972. The quantitative estimate of drug-likeness (QED) is 0.866. The Morgan fingerprint density at radius 1 is 1.37 bits per heavy atom. The molecule has 1 aromatic rings. The summed E-state index contributed by atoms with van der Waals surface area (Å²) in [5.41, 5.74) is 0.289. The average molecular weight is 285 g/mol. The first-order valence-electron chi connectivity index (χ1n) is 6.33. The molecular formula is C13H21ClN4O. The normalized spacial score (nSPS) is 12.8. The third-order valence-electron chi connectivity index (χ3n) is 2.54. The smallest absolute Gasteiger partial charge is 0.272 e. The highest BCUT2D eigenvalue weighted by Gasteiger charge is 2.17. The Kier molecular flexibility index (Phi) is 6.18. The molecule has 1 atom stereocenters. The molecule has 0 aromatic carbocycles. The van der Waals surface area contributed by atoms with E-state index < -0.39 is 0 Å².